The first kappa shape index (κ1) is 18.7. The van der Waals surface area contributed by atoms with Gasteiger partial charge in [0.2, 0.25) is 0 Å². The number of anilines is 2. The SMILES string of the molecule is CN1CCN(c2ccc3ccccc3c2)c2ccc(-c3ccc(CO)nn3)cc2C1. The molecule has 0 unspecified atom stereocenters. The third kappa shape index (κ3) is 3.54. The van der Waals surface area contributed by atoms with Crippen LogP contribution in [-0.4, -0.2) is 40.3 Å². The van der Waals surface area contributed by atoms with Gasteiger partial charge in [-0.2, -0.15) is 10.2 Å². The maximum atomic E-state index is 9.21. The normalized spacial score (nSPS) is 14.5. The van der Waals surface area contributed by atoms with Crippen LogP contribution in [0.2, 0.25) is 0 Å². The van der Waals surface area contributed by atoms with Crippen LogP contribution in [-0.2, 0) is 13.2 Å². The third-order valence-corrected chi connectivity index (χ3v) is 5.74. The van der Waals surface area contributed by atoms with Gasteiger partial charge in [0.1, 0.15) is 0 Å². The molecule has 0 saturated heterocycles. The summed E-state index contributed by atoms with van der Waals surface area (Å²) in [5, 5.41) is 20.1. The molecule has 150 valence electrons. The van der Waals surface area contributed by atoms with Gasteiger partial charge >= 0.3 is 0 Å². The Morgan fingerprint density at radius 1 is 0.867 bits per heavy atom. The van der Waals surface area contributed by atoms with E-state index in [0.717, 1.165) is 30.9 Å². The van der Waals surface area contributed by atoms with Crippen LogP contribution in [0.25, 0.3) is 22.0 Å². The smallest absolute Gasteiger partial charge is 0.0930 e. The van der Waals surface area contributed by atoms with Crippen LogP contribution in [0.5, 0.6) is 0 Å². The summed E-state index contributed by atoms with van der Waals surface area (Å²) in [6.07, 6.45) is 0. The van der Waals surface area contributed by atoms with Gasteiger partial charge in [-0.05, 0) is 59.8 Å². The van der Waals surface area contributed by atoms with E-state index in [4.69, 9.17) is 0 Å². The van der Waals surface area contributed by atoms with Gasteiger partial charge in [0.05, 0.1) is 18.0 Å². The van der Waals surface area contributed by atoms with E-state index in [1.54, 1.807) is 0 Å². The monoisotopic (exact) mass is 396 g/mol. The highest BCUT2D eigenvalue weighted by Gasteiger charge is 2.20. The van der Waals surface area contributed by atoms with E-state index in [1.807, 2.05) is 12.1 Å². The van der Waals surface area contributed by atoms with E-state index in [1.165, 1.54) is 27.7 Å². The molecule has 4 aromatic rings. The van der Waals surface area contributed by atoms with Crippen molar-refractivity contribution in [2.24, 2.45) is 0 Å². The van der Waals surface area contributed by atoms with Crippen LogP contribution in [0.15, 0.2) is 72.8 Å². The lowest BCUT2D eigenvalue weighted by atomic mass is 10.0. The highest BCUT2D eigenvalue weighted by Crippen LogP contribution is 2.35. The van der Waals surface area contributed by atoms with Crippen molar-refractivity contribution in [2.75, 3.05) is 25.0 Å². The number of aliphatic hydroxyl groups is 1. The predicted molar refractivity (Wildman–Crippen MR) is 121 cm³/mol. The summed E-state index contributed by atoms with van der Waals surface area (Å²) in [5.41, 5.74) is 6.16. The number of nitrogens with zero attached hydrogens (tertiary/aromatic N) is 4. The van der Waals surface area contributed by atoms with Crippen molar-refractivity contribution in [1.82, 2.24) is 15.1 Å². The topological polar surface area (TPSA) is 52.5 Å². The first-order valence-corrected chi connectivity index (χ1v) is 10.2. The summed E-state index contributed by atoms with van der Waals surface area (Å²) in [7, 11) is 2.16. The molecule has 0 saturated carbocycles. The molecule has 0 amide bonds. The number of rotatable bonds is 3. The van der Waals surface area contributed by atoms with Gasteiger partial charge in [0, 0.05) is 36.6 Å². The Morgan fingerprint density at radius 2 is 1.73 bits per heavy atom. The molecule has 0 aliphatic carbocycles. The zero-order valence-corrected chi connectivity index (χ0v) is 17.0. The molecule has 0 bridgehead atoms. The number of likely N-dealkylation sites (N-methyl/N-ethyl adjacent to an activating group) is 1. The molecule has 1 aromatic heterocycles. The van der Waals surface area contributed by atoms with Crippen molar-refractivity contribution >= 4 is 22.1 Å². The largest absolute Gasteiger partial charge is 0.390 e. The van der Waals surface area contributed by atoms with E-state index in [9.17, 15) is 5.11 Å². The Hall–Kier alpha value is -3.28. The van der Waals surface area contributed by atoms with Crippen LogP contribution >= 0.6 is 0 Å². The third-order valence-electron chi connectivity index (χ3n) is 5.74. The lowest BCUT2D eigenvalue weighted by molar-refractivity contribution is 0.275. The standard InChI is InChI=1S/C25H24N4O/c1-28-12-13-29(23-9-6-18-4-2-3-5-19(18)15-23)25-11-7-20(14-21(25)16-28)24-10-8-22(17-30)26-27-24/h2-11,14-15,30H,12-13,16-17H2,1H3. The number of hydrogen-bond acceptors (Lipinski definition) is 5. The van der Waals surface area contributed by atoms with E-state index in [2.05, 4.69) is 87.7 Å². The second kappa shape index (κ2) is 7.86. The van der Waals surface area contributed by atoms with E-state index >= 15 is 0 Å². The number of benzene rings is 3. The van der Waals surface area contributed by atoms with Gasteiger partial charge in [0.15, 0.2) is 0 Å². The lowest BCUT2D eigenvalue weighted by Crippen LogP contribution is -2.26. The van der Waals surface area contributed by atoms with E-state index in [0.29, 0.717) is 5.69 Å². The van der Waals surface area contributed by atoms with Gasteiger partial charge in [-0.15, -0.1) is 0 Å². The molecular formula is C25H24N4O. The molecule has 1 aliphatic heterocycles. The summed E-state index contributed by atoms with van der Waals surface area (Å²) in [6, 6.07) is 25.4. The van der Waals surface area contributed by atoms with Crippen molar-refractivity contribution in [3.05, 3.63) is 84.1 Å². The summed E-state index contributed by atoms with van der Waals surface area (Å²) < 4.78 is 0. The maximum absolute atomic E-state index is 9.21. The first-order valence-electron chi connectivity index (χ1n) is 10.2. The predicted octanol–water partition coefficient (Wildman–Crippen LogP) is 4.37. The number of hydrogen-bond donors (Lipinski definition) is 1. The molecule has 1 aliphatic rings. The number of aromatic nitrogens is 2. The summed E-state index contributed by atoms with van der Waals surface area (Å²) in [5.74, 6) is 0. The molecule has 30 heavy (non-hydrogen) atoms. The van der Waals surface area contributed by atoms with Crippen molar-refractivity contribution < 1.29 is 5.11 Å². The zero-order chi connectivity index (χ0) is 20.5. The van der Waals surface area contributed by atoms with E-state index < -0.39 is 0 Å². The van der Waals surface area contributed by atoms with Crippen molar-refractivity contribution in [1.29, 1.82) is 0 Å². The minimum atomic E-state index is -0.0943. The molecule has 0 atom stereocenters. The van der Waals surface area contributed by atoms with Gasteiger partial charge < -0.3 is 14.9 Å². The first-order chi connectivity index (χ1) is 14.7. The molecule has 5 heteroatoms. The Morgan fingerprint density at radius 3 is 2.53 bits per heavy atom. The Kier molecular flexibility index (Phi) is 4.91. The molecule has 3 aromatic carbocycles. The fraction of sp³-hybridized carbons (Fsp3) is 0.200. The molecule has 5 rings (SSSR count). The molecule has 2 heterocycles. The Labute approximate surface area is 176 Å². The summed E-state index contributed by atoms with van der Waals surface area (Å²) >= 11 is 0. The number of fused-ring (bicyclic) bond motifs is 2. The highest BCUT2D eigenvalue weighted by atomic mass is 16.3. The van der Waals surface area contributed by atoms with Crippen molar-refractivity contribution in [3.8, 4) is 11.3 Å². The van der Waals surface area contributed by atoms with Crippen LogP contribution in [0.3, 0.4) is 0 Å². The molecule has 1 N–H and O–H groups in total. The van der Waals surface area contributed by atoms with Crippen LogP contribution in [0.4, 0.5) is 11.4 Å². The Bertz CT molecular complexity index is 1190. The quantitative estimate of drug-likeness (QED) is 0.557. The summed E-state index contributed by atoms with van der Waals surface area (Å²) in [6.45, 7) is 2.71. The molecular weight excluding hydrogens is 372 g/mol. The average Bonchev–Trinajstić information content (AvgIpc) is 2.96. The van der Waals surface area contributed by atoms with Crippen molar-refractivity contribution in [3.63, 3.8) is 0 Å². The van der Waals surface area contributed by atoms with Gasteiger partial charge in [-0.1, -0.05) is 36.4 Å². The fourth-order valence-electron chi connectivity index (χ4n) is 4.11. The minimum absolute atomic E-state index is 0.0943. The molecule has 0 fully saturated rings. The van der Waals surface area contributed by atoms with Crippen molar-refractivity contribution in [2.45, 2.75) is 13.2 Å². The molecule has 0 radical (unpaired) electrons. The molecule has 5 nitrogen and oxygen atoms in total. The lowest BCUT2D eigenvalue weighted by Gasteiger charge is -2.25. The minimum Gasteiger partial charge on any atom is -0.390 e. The van der Waals surface area contributed by atoms with Crippen LogP contribution < -0.4 is 4.90 Å². The van der Waals surface area contributed by atoms with Crippen LogP contribution in [0, 0.1) is 0 Å². The average molecular weight is 396 g/mol. The number of aliphatic hydroxyl groups excluding tert-OH is 1. The fourth-order valence-corrected chi connectivity index (χ4v) is 4.11. The summed E-state index contributed by atoms with van der Waals surface area (Å²) in [4.78, 5) is 4.76. The molecule has 0 spiro atoms. The second-order valence-corrected chi connectivity index (χ2v) is 7.83. The van der Waals surface area contributed by atoms with Crippen LogP contribution in [0.1, 0.15) is 11.3 Å². The Balaban J connectivity index is 1.56. The highest BCUT2D eigenvalue weighted by molar-refractivity contribution is 5.87. The maximum Gasteiger partial charge on any atom is 0.0930 e. The second-order valence-electron chi connectivity index (χ2n) is 7.83. The van der Waals surface area contributed by atoms with Gasteiger partial charge in [-0.3, -0.25) is 0 Å². The van der Waals surface area contributed by atoms with E-state index in [-0.39, 0.29) is 6.61 Å². The van der Waals surface area contributed by atoms with Gasteiger partial charge in [0.25, 0.3) is 0 Å². The zero-order valence-electron chi connectivity index (χ0n) is 17.0. The van der Waals surface area contributed by atoms with Gasteiger partial charge in [-0.25, -0.2) is 0 Å².